The molecule has 0 spiro atoms. The van der Waals surface area contributed by atoms with Gasteiger partial charge >= 0.3 is 6.18 Å². The maximum absolute atomic E-state index is 13.3. The molecule has 10 heteroatoms. The Morgan fingerprint density at radius 2 is 1.79 bits per heavy atom. The minimum atomic E-state index is -4.71. The highest BCUT2D eigenvalue weighted by molar-refractivity contribution is 6.10. The monoisotopic (exact) mass is 406 g/mol. The van der Waals surface area contributed by atoms with Gasteiger partial charge in [-0.05, 0) is 51.1 Å². The first kappa shape index (κ1) is 20.3. The number of benzene rings is 1. The van der Waals surface area contributed by atoms with Crippen LogP contribution in [0.1, 0.15) is 47.2 Å². The zero-order valence-electron chi connectivity index (χ0n) is 15.7. The Balaban J connectivity index is 1.96. The van der Waals surface area contributed by atoms with Gasteiger partial charge in [-0.25, -0.2) is 4.98 Å². The molecule has 0 saturated carbocycles. The van der Waals surface area contributed by atoms with Gasteiger partial charge in [0.1, 0.15) is 0 Å². The van der Waals surface area contributed by atoms with Crippen LogP contribution >= 0.6 is 0 Å². The predicted octanol–water partition coefficient (Wildman–Crippen LogP) is 4.02. The standard InChI is InChI=1S/C19H17F3N4O3/c1-18(2,3)25-16(27)10-7-11(19(20,21)22)9-12(8-10)24-17(28)14-13-5-4-6-23-15(13)26-29-14/h4-9H,1-3H3,(H,24,28)(H,25,27). The van der Waals surface area contributed by atoms with Crippen LogP contribution in [0.5, 0.6) is 0 Å². The van der Waals surface area contributed by atoms with Crippen LogP contribution in [0.2, 0.25) is 0 Å². The number of alkyl halides is 3. The largest absolute Gasteiger partial charge is 0.416 e. The Hall–Kier alpha value is -3.43. The number of rotatable bonds is 3. The van der Waals surface area contributed by atoms with Gasteiger partial charge in [0.25, 0.3) is 11.8 Å². The molecule has 0 bridgehead atoms. The molecule has 29 heavy (non-hydrogen) atoms. The molecule has 2 N–H and O–H groups in total. The van der Waals surface area contributed by atoms with Crippen LogP contribution in [-0.4, -0.2) is 27.5 Å². The first-order valence-electron chi connectivity index (χ1n) is 8.50. The highest BCUT2D eigenvalue weighted by Crippen LogP contribution is 2.32. The lowest BCUT2D eigenvalue weighted by Crippen LogP contribution is -2.40. The van der Waals surface area contributed by atoms with Crippen molar-refractivity contribution < 1.29 is 27.3 Å². The Kier molecular flexibility index (Phi) is 5.04. The molecule has 0 aliphatic rings. The smallest absolute Gasteiger partial charge is 0.348 e. The van der Waals surface area contributed by atoms with Gasteiger partial charge in [-0.3, -0.25) is 9.59 Å². The number of halogens is 3. The lowest BCUT2D eigenvalue weighted by molar-refractivity contribution is -0.137. The van der Waals surface area contributed by atoms with E-state index in [-0.39, 0.29) is 22.7 Å². The van der Waals surface area contributed by atoms with Crippen molar-refractivity contribution >= 4 is 28.5 Å². The fourth-order valence-electron chi connectivity index (χ4n) is 2.54. The normalized spacial score (nSPS) is 12.1. The summed E-state index contributed by atoms with van der Waals surface area (Å²) in [4.78, 5) is 28.8. The Labute approximate surface area is 163 Å². The van der Waals surface area contributed by atoms with E-state index in [1.807, 2.05) is 0 Å². The molecule has 0 saturated heterocycles. The second-order valence-electron chi connectivity index (χ2n) is 7.34. The van der Waals surface area contributed by atoms with Crippen molar-refractivity contribution in [1.82, 2.24) is 15.5 Å². The van der Waals surface area contributed by atoms with Crippen LogP contribution in [0.25, 0.3) is 11.0 Å². The summed E-state index contributed by atoms with van der Waals surface area (Å²) in [7, 11) is 0. The van der Waals surface area contributed by atoms with E-state index in [0.717, 1.165) is 18.2 Å². The van der Waals surface area contributed by atoms with Crippen LogP contribution < -0.4 is 10.6 Å². The average molecular weight is 406 g/mol. The minimum Gasteiger partial charge on any atom is -0.348 e. The number of nitrogens with one attached hydrogen (secondary N) is 2. The molecular weight excluding hydrogens is 389 g/mol. The number of nitrogens with zero attached hydrogens (tertiary/aromatic N) is 2. The third kappa shape index (κ3) is 4.71. The third-order valence-corrected chi connectivity index (χ3v) is 3.73. The van der Waals surface area contributed by atoms with E-state index in [4.69, 9.17) is 4.52 Å². The summed E-state index contributed by atoms with van der Waals surface area (Å²) < 4.78 is 44.8. The lowest BCUT2D eigenvalue weighted by atomic mass is 10.0. The Morgan fingerprint density at radius 1 is 1.07 bits per heavy atom. The molecule has 0 aliphatic heterocycles. The zero-order chi connectivity index (χ0) is 21.4. The summed E-state index contributed by atoms with van der Waals surface area (Å²) in [6, 6.07) is 5.73. The molecule has 0 aliphatic carbocycles. The molecule has 0 radical (unpaired) electrons. The van der Waals surface area contributed by atoms with Gasteiger partial charge in [0, 0.05) is 23.0 Å². The summed E-state index contributed by atoms with van der Waals surface area (Å²) in [5.74, 6) is -1.72. The number of fused-ring (bicyclic) bond motifs is 1. The van der Waals surface area contributed by atoms with Crippen molar-refractivity contribution in [2.75, 3.05) is 5.32 Å². The van der Waals surface area contributed by atoms with E-state index >= 15 is 0 Å². The van der Waals surface area contributed by atoms with Gasteiger partial charge in [-0.1, -0.05) is 5.16 Å². The van der Waals surface area contributed by atoms with Gasteiger partial charge < -0.3 is 15.2 Å². The van der Waals surface area contributed by atoms with E-state index < -0.39 is 29.1 Å². The maximum atomic E-state index is 13.3. The summed E-state index contributed by atoms with van der Waals surface area (Å²) in [5.41, 5.74) is -1.99. The van der Waals surface area contributed by atoms with Gasteiger partial charge in [0.2, 0.25) is 11.4 Å². The van der Waals surface area contributed by atoms with E-state index in [1.165, 1.54) is 6.20 Å². The third-order valence-electron chi connectivity index (χ3n) is 3.73. The molecule has 2 heterocycles. The van der Waals surface area contributed by atoms with E-state index in [0.29, 0.717) is 5.39 Å². The fourth-order valence-corrected chi connectivity index (χ4v) is 2.54. The quantitative estimate of drug-likeness (QED) is 0.685. The number of pyridine rings is 1. The van der Waals surface area contributed by atoms with Crippen LogP contribution in [0.3, 0.4) is 0 Å². The molecule has 0 unspecified atom stereocenters. The lowest BCUT2D eigenvalue weighted by Gasteiger charge is -2.21. The average Bonchev–Trinajstić information content (AvgIpc) is 3.03. The SMILES string of the molecule is CC(C)(C)NC(=O)c1cc(NC(=O)c2onc3ncccc23)cc(C(F)(F)F)c1. The minimum absolute atomic E-state index is 0.187. The van der Waals surface area contributed by atoms with Gasteiger partial charge in [-0.2, -0.15) is 13.2 Å². The van der Waals surface area contributed by atoms with Crippen molar-refractivity contribution in [3.8, 4) is 0 Å². The number of hydrogen-bond donors (Lipinski definition) is 2. The number of anilines is 1. The van der Waals surface area contributed by atoms with Crippen LogP contribution in [-0.2, 0) is 6.18 Å². The number of aromatic nitrogens is 2. The second kappa shape index (κ2) is 7.19. The molecular formula is C19H17F3N4O3. The molecule has 152 valence electrons. The topological polar surface area (TPSA) is 97.1 Å². The molecule has 3 rings (SSSR count). The summed E-state index contributed by atoms with van der Waals surface area (Å²) in [6.45, 7) is 5.10. The van der Waals surface area contributed by atoms with Crippen molar-refractivity contribution in [2.24, 2.45) is 0 Å². The highest BCUT2D eigenvalue weighted by Gasteiger charge is 2.32. The Bertz CT molecular complexity index is 1080. The fraction of sp³-hybridized carbons (Fsp3) is 0.263. The van der Waals surface area contributed by atoms with Crippen molar-refractivity contribution in [2.45, 2.75) is 32.5 Å². The summed E-state index contributed by atoms with van der Waals surface area (Å²) in [6.07, 6.45) is -3.25. The number of carbonyl (C=O) groups excluding carboxylic acids is 2. The number of hydrogen-bond acceptors (Lipinski definition) is 5. The van der Waals surface area contributed by atoms with Crippen LogP contribution in [0.15, 0.2) is 41.1 Å². The number of amides is 2. The molecule has 3 aromatic rings. The van der Waals surface area contributed by atoms with Crippen LogP contribution in [0, 0.1) is 0 Å². The molecule has 0 atom stereocenters. The number of carbonyl (C=O) groups is 2. The molecule has 1 aromatic carbocycles. The highest BCUT2D eigenvalue weighted by atomic mass is 19.4. The van der Waals surface area contributed by atoms with E-state index in [1.54, 1.807) is 32.9 Å². The molecule has 2 aromatic heterocycles. The second-order valence-corrected chi connectivity index (χ2v) is 7.34. The van der Waals surface area contributed by atoms with Crippen LogP contribution in [0.4, 0.5) is 18.9 Å². The van der Waals surface area contributed by atoms with E-state index in [2.05, 4.69) is 20.8 Å². The van der Waals surface area contributed by atoms with E-state index in [9.17, 15) is 22.8 Å². The molecule has 7 nitrogen and oxygen atoms in total. The summed E-state index contributed by atoms with van der Waals surface area (Å²) in [5, 5.41) is 8.86. The van der Waals surface area contributed by atoms with Crippen molar-refractivity contribution in [3.63, 3.8) is 0 Å². The molecule has 2 amide bonds. The zero-order valence-corrected chi connectivity index (χ0v) is 15.7. The first-order chi connectivity index (χ1) is 13.4. The van der Waals surface area contributed by atoms with Gasteiger partial charge in [0.15, 0.2) is 0 Å². The maximum Gasteiger partial charge on any atom is 0.416 e. The molecule has 0 fully saturated rings. The first-order valence-corrected chi connectivity index (χ1v) is 8.50. The van der Waals surface area contributed by atoms with Gasteiger partial charge in [-0.15, -0.1) is 0 Å². The predicted molar refractivity (Wildman–Crippen MR) is 98.4 cm³/mol. The Morgan fingerprint density at radius 3 is 2.45 bits per heavy atom. The summed E-state index contributed by atoms with van der Waals surface area (Å²) >= 11 is 0. The van der Waals surface area contributed by atoms with Crippen molar-refractivity contribution in [3.05, 3.63) is 53.4 Å². The van der Waals surface area contributed by atoms with Crippen molar-refractivity contribution in [1.29, 1.82) is 0 Å². The van der Waals surface area contributed by atoms with Gasteiger partial charge in [0.05, 0.1) is 10.9 Å².